The molecular formula is C27H25N3O6. The smallest absolute Gasteiger partial charge is 0.359 e. The van der Waals surface area contributed by atoms with Crippen molar-refractivity contribution in [2.75, 3.05) is 13.4 Å². The normalized spacial score (nSPS) is 12.2. The van der Waals surface area contributed by atoms with E-state index in [9.17, 15) is 14.4 Å². The van der Waals surface area contributed by atoms with E-state index >= 15 is 0 Å². The van der Waals surface area contributed by atoms with Gasteiger partial charge in [-0.15, -0.1) is 0 Å². The Morgan fingerprint density at radius 2 is 1.78 bits per heavy atom. The van der Waals surface area contributed by atoms with E-state index in [0.29, 0.717) is 46.5 Å². The van der Waals surface area contributed by atoms with Gasteiger partial charge in [0.2, 0.25) is 12.6 Å². The Kier molecular flexibility index (Phi) is 6.05. The number of hydrogen-bond acceptors (Lipinski definition) is 7. The molecule has 9 nitrogen and oxygen atoms in total. The van der Waals surface area contributed by atoms with Gasteiger partial charge in [0.05, 0.1) is 5.39 Å². The van der Waals surface area contributed by atoms with Crippen LogP contribution in [0.15, 0.2) is 53.3 Å². The first kappa shape index (κ1) is 23.3. The molecule has 0 bridgehead atoms. The lowest BCUT2D eigenvalue weighted by atomic mass is 10.1. The van der Waals surface area contributed by atoms with Crippen molar-refractivity contribution in [3.63, 3.8) is 0 Å². The first-order valence-electron chi connectivity index (χ1n) is 11.7. The van der Waals surface area contributed by atoms with Crippen LogP contribution in [0.1, 0.15) is 45.6 Å². The van der Waals surface area contributed by atoms with Crippen molar-refractivity contribution in [1.29, 1.82) is 0 Å². The summed E-state index contributed by atoms with van der Waals surface area (Å²) in [5.41, 5.74) is 2.59. The standard InChI is InChI=1S/C27H25N3O6/c1-4-11-29-26(32)20-8-6-5-7-19(20)25(28-29)27(33)34-14-22(31)21-12-16(2)30(17(21)3)18-9-10-23-24(13-18)36-15-35-23/h5-10,12-13H,4,11,14-15H2,1-3H3. The summed E-state index contributed by atoms with van der Waals surface area (Å²) in [7, 11) is 0. The third kappa shape index (κ3) is 4.02. The highest BCUT2D eigenvalue weighted by Crippen LogP contribution is 2.35. The van der Waals surface area contributed by atoms with Gasteiger partial charge in [-0.1, -0.05) is 25.1 Å². The summed E-state index contributed by atoms with van der Waals surface area (Å²) in [6.45, 7) is 5.75. The van der Waals surface area contributed by atoms with Gasteiger partial charge in [-0.05, 0) is 44.5 Å². The summed E-state index contributed by atoms with van der Waals surface area (Å²) >= 11 is 0. The Morgan fingerprint density at radius 3 is 2.56 bits per heavy atom. The van der Waals surface area contributed by atoms with Gasteiger partial charge >= 0.3 is 5.97 Å². The van der Waals surface area contributed by atoms with Crippen molar-refractivity contribution < 1.29 is 23.8 Å². The Hall–Kier alpha value is -4.40. The Labute approximate surface area is 206 Å². The van der Waals surface area contributed by atoms with Gasteiger partial charge in [0.15, 0.2) is 23.8 Å². The minimum atomic E-state index is -0.756. The fourth-order valence-corrected chi connectivity index (χ4v) is 4.49. The van der Waals surface area contributed by atoms with E-state index in [2.05, 4.69) is 5.10 Å². The predicted octanol–water partition coefficient (Wildman–Crippen LogP) is 3.98. The van der Waals surface area contributed by atoms with Crippen LogP contribution in [-0.2, 0) is 11.3 Å². The van der Waals surface area contributed by atoms with E-state index in [1.165, 1.54) is 4.68 Å². The molecule has 0 spiro atoms. The van der Waals surface area contributed by atoms with E-state index in [1.54, 1.807) is 30.3 Å². The SMILES string of the molecule is CCCn1nc(C(=O)OCC(=O)c2cc(C)n(-c3ccc4c(c3)OCO4)c2C)c2ccccc2c1=O. The molecule has 0 aliphatic carbocycles. The number of fused-ring (bicyclic) bond motifs is 2. The van der Waals surface area contributed by atoms with Crippen molar-refractivity contribution in [1.82, 2.24) is 14.3 Å². The topological polar surface area (TPSA) is 102 Å². The van der Waals surface area contributed by atoms with Gasteiger partial charge < -0.3 is 18.8 Å². The van der Waals surface area contributed by atoms with Crippen LogP contribution in [0.4, 0.5) is 0 Å². The molecule has 0 fully saturated rings. The molecule has 2 aromatic carbocycles. The number of aromatic nitrogens is 3. The molecule has 36 heavy (non-hydrogen) atoms. The quantitative estimate of drug-likeness (QED) is 0.287. The molecule has 0 saturated heterocycles. The number of nitrogens with zero attached hydrogens (tertiary/aromatic N) is 3. The molecule has 0 radical (unpaired) electrons. The largest absolute Gasteiger partial charge is 0.454 e. The number of benzene rings is 2. The molecule has 184 valence electrons. The van der Waals surface area contributed by atoms with Crippen molar-refractivity contribution in [2.45, 2.75) is 33.7 Å². The molecule has 0 N–H and O–H groups in total. The summed E-state index contributed by atoms with van der Waals surface area (Å²) < 4.78 is 19.4. The number of carbonyl (C=O) groups excluding carboxylic acids is 2. The maximum absolute atomic E-state index is 13.1. The lowest BCUT2D eigenvalue weighted by molar-refractivity contribution is 0.0468. The lowest BCUT2D eigenvalue weighted by Crippen LogP contribution is -2.27. The number of hydrogen-bond donors (Lipinski definition) is 0. The maximum Gasteiger partial charge on any atom is 0.359 e. The molecule has 1 aliphatic heterocycles. The monoisotopic (exact) mass is 487 g/mol. The Balaban J connectivity index is 1.39. The highest BCUT2D eigenvalue weighted by Gasteiger charge is 2.22. The fraction of sp³-hybridized carbons (Fsp3) is 0.259. The Bertz CT molecular complexity index is 1570. The zero-order chi connectivity index (χ0) is 25.4. The number of ketones is 1. The molecule has 1 aliphatic rings. The highest BCUT2D eigenvalue weighted by atomic mass is 16.7. The third-order valence-electron chi connectivity index (χ3n) is 6.18. The van der Waals surface area contributed by atoms with Crippen molar-refractivity contribution >= 4 is 22.5 Å². The second-order valence-electron chi connectivity index (χ2n) is 8.58. The molecule has 3 heterocycles. The minimum absolute atomic E-state index is 0.0114. The van der Waals surface area contributed by atoms with Gasteiger partial charge in [-0.3, -0.25) is 9.59 Å². The van der Waals surface area contributed by atoms with Crippen LogP contribution in [-0.4, -0.2) is 39.5 Å². The molecule has 0 saturated carbocycles. The molecule has 5 rings (SSSR count). The number of carbonyl (C=O) groups is 2. The number of aryl methyl sites for hydroxylation is 2. The molecule has 2 aromatic heterocycles. The fourth-order valence-electron chi connectivity index (χ4n) is 4.49. The molecule has 4 aromatic rings. The summed E-state index contributed by atoms with van der Waals surface area (Å²) in [6, 6.07) is 14.1. The van der Waals surface area contributed by atoms with E-state index in [0.717, 1.165) is 11.4 Å². The maximum atomic E-state index is 13.1. The van der Waals surface area contributed by atoms with E-state index in [1.807, 2.05) is 43.5 Å². The first-order chi connectivity index (χ1) is 17.4. The summed E-state index contributed by atoms with van der Waals surface area (Å²) in [5.74, 6) is 0.227. The second kappa shape index (κ2) is 9.33. The Morgan fingerprint density at radius 1 is 1.03 bits per heavy atom. The van der Waals surface area contributed by atoms with Gasteiger partial charge in [-0.2, -0.15) is 5.10 Å². The second-order valence-corrected chi connectivity index (χ2v) is 8.58. The zero-order valence-electron chi connectivity index (χ0n) is 20.2. The van der Waals surface area contributed by atoms with Crippen LogP contribution in [0.5, 0.6) is 11.5 Å². The van der Waals surface area contributed by atoms with Crippen molar-refractivity contribution in [3.05, 3.63) is 81.5 Å². The van der Waals surface area contributed by atoms with Crippen LogP contribution in [0.25, 0.3) is 16.5 Å². The lowest BCUT2D eigenvalue weighted by Gasteiger charge is -2.11. The van der Waals surface area contributed by atoms with Gasteiger partial charge in [0, 0.05) is 40.6 Å². The van der Waals surface area contributed by atoms with Crippen LogP contribution < -0.4 is 15.0 Å². The van der Waals surface area contributed by atoms with Crippen LogP contribution >= 0.6 is 0 Å². The number of rotatable bonds is 7. The van der Waals surface area contributed by atoms with Crippen LogP contribution in [0, 0.1) is 13.8 Å². The van der Waals surface area contributed by atoms with Crippen LogP contribution in [0.3, 0.4) is 0 Å². The number of ether oxygens (including phenoxy) is 3. The zero-order valence-corrected chi connectivity index (χ0v) is 20.2. The number of esters is 1. The molecule has 9 heteroatoms. The molecule has 0 unspecified atom stereocenters. The van der Waals surface area contributed by atoms with Gasteiger partial charge in [0.1, 0.15) is 0 Å². The van der Waals surface area contributed by atoms with Gasteiger partial charge in [-0.25, -0.2) is 9.48 Å². The molecular weight excluding hydrogens is 462 g/mol. The van der Waals surface area contributed by atoms with E-state index in [-0.39, 0.29) is 23.8 Å². The molecule has 0 atom stereocenters. The predicted molar refractivity (Wildman–Crippen MR) is 132 cm³/mol. The minimum Gasteiger partial charge on any atom is -0.454 e. The van der Waals surface area contributed by atoms with Gasteiger partial charge in [0.25, 0.3) is 5.56 Å². The molecule has 0 amide bonds. The average molecular weight is 488 g/mol. The third-order valence-corrected chi connectivity index (χ3v) is 6.18. The summed E-state index contributed by atoms with van der Waals surface area (Å²) in [6.07, 6.45) is 0.678. The summed E-state index contributed by atoms with van der Waals surface area (Å²) in [4.78, 5) is 38.7. The average Bonchev–Trinajstić information content (AvgIpc) is 3.47. The van der Waals surface area contributed by atoms with E-state index in [4.69, 9.17) is 14.2 Å². The first-order valence-corrected chi connectivity index (χ1v) is 11.7. The number of Topliss-reactive ketones (excluding diaryl/α,β-unsaturated/α-hetero) is 1. The van der Waals surface area contributed by atoms with E-state index < -0.39 is 12.6 Å². The van der Waals surface area contributed by atoms with Crippen LogP contribution in [0.2, 0.25) is 0 Å². The highest BCUT2D eigenvalue weighted by molar-refractivity contribution is 6.04. The van der Waals surface area contributed by atoms with Crippen molar-refractivity contribution in [3.8, 4) is 17.2 Å². The summed E-state index contributed by atoms with van der Waals surface area (Å²) in [5, 5.41) is 5.01. The van der Waals surface area contributed by atoms with Crippen molar-refractivity contribution in [2.24, 2.45) is 0 Å².